The second-order valence-electron chi connectivity index (χ2n) is 5.02. The van der Waals surface area contributed by atoms with Crippen LogP contribution < -0.4 is 10.1 Å². The van der Waals surface area contributed by atoms with Crippen molar-refractivity contribution in [2.45, 2.75) is 31.8 Å². The summed E-state index contributed by atoms with van der Waals surface area (Å²) in [6.45, 7) is 3.71. The Morgan fingerprint density at radius 2 is 2.32 bits per heavy atom. The number of aliphatic hydroxyl groups excluding tert-OH is 1. The highest BCUT2D eigenvalue weighted by Gasteiger charge is 2.17. The van der Waals surface area contributed by atoms with E-state index < -0.39 is 0 Å². The normalized spacial score (nSPS) is 16.8. The lowest BCUT2D eigenvalue weighted by atomic mass is 10.0. The monoisotopic (exact) mass is 265 g/mol. The average Bonchev–Trinajstić information content (AvgIpc) is 2.86. The molecule has 2 unspecified atom stereocenters. The zero-order valence-electron chi connectivity index (χ0n) is 11.7. The molecule has 106 valence electrons. The Kier molecular flexibility index (Phi) is 5.19. The zero-order valence-corrected chi connectivity index (χ0v) is 11.7. The summed E-state index contributed by atoms with van der Waals surface area (Å²) in [7, 11) is 1.68. The average molecular weight is 265 g/mol. The molecular weight excluding hydrogens is 242 g/mol. The minimum absolute atomic E-state index is 0.172. The lowest BCUT2D eigenvalue weighted by Crippen LogP contribution is -2.36. The van der Waals surface area contributed by atoms with E-state index in [0.717, 1.165) is 18.8 Å². The molecule has 4 nitrogen and oxygen atoms in total. The smallest absolute Gasteiger partial charge is 0.122 e. The molecule has 0 amide bonds. The molecule has 0 radical (unpaired) electrons. The van der Waals surface area contributed by atoms with Crippen LogP contribution in [0.25, 0.3) is 0 Å². The number of hydrogen-bond acceptors (Lipinski definition) is 4. The van der Waals surface area contributed by atoms with E-state index >= 15 is 0 Å². The van der Waals surface area contributed by atoms with E-state index in [1.165, 1.54) is 11.1 Å². The standard InChI is InChI=1S/C15H23NO3/c1-11(16-14(5-7-17)10-18-2)12-3-4-15-13(9-12)6-8-19-15/h3-4,9,11,14,16-17H,5-8,10H2,1-2H3. The van der Waals surface area contributed by atoms with E-state index in [4.69, 9.17) is 14.6 Å². The van der Waals surface area contributed by atoms with Crippen molar-refractivity contribution in [3.63, 3.8) is 0 Å². The maximum atomic E-state index is 9.06. The third-order valence-corrected chi connectivity index (χ3v) is 3.54. The first-order valence-electron chi connectivity index (χ1n) is 6.86. The highest BCUT2D eigenvalue weighted by atomic mass is 16.5. The Balaban J connectivity index is 2.00. The number of benzene rings is 1. The summed E-state index contributed by atoms with van der Waals surface area (Å²) in [6, 6.07) is 6.77. The zero-order chi connectivity index (χ0) is 13.7. The number of nitrogens with one attached hydrogen (secondary N) is 1. The van der Waals surface area contributed by atoms with Gasteiger partial charge in [0.1, 0.15) is 5.75 Å². The largest absolute Gasteiger partial charge is 0.493 e. The molecule has 0 fully saturated rings. The molecule has 1 aromatic carbocycles. The van der Waals surface area contributed by atoms with Crippen molar-refractivity contribution in [3.8, 4) is 5.75 Å². The third kappa shape index (κ3) is 3.69. The van der Waals surface area contributed by atoms with Crippen LogP contribution in [-0.2, 0) is 11.2 Å². The number of rotatable bonds is 7. The Hall–Kier alpha value is -1.10. The molecule has 0 spiro atoms. The number of aliphatic hydroxyl groups is 1. The second-order valence-corrected chi connectivity index (χ2v) is 5.02. The van der Waals surface area contributed by atoms with Gasteiger partial charge in [0.15, 0.2) is 0 Å². The highest BCUT2D eigenvalue weighted by Crippen LogP contribution is 2.28. The van der Waals surface area contributed by atoms with Crippen LogP contribution >= 0.6 is 0 Å². The Bertz CT molecular complexity index is 402. The summed E-state index contributed by atoms with van der Waals surface area (Å²) >= 11 is 0. The van der Waals surface area contributed by atoms with Gasteiger partial charge < -0.3 is 19.9 Å². The van der Waals surface area contributed by atoms with Crippen molar-refractivity contribution in [1.82, 2.24) is 5.32 Å². The fourth-order valence-electron chi connectivity index (χ4n) is 2.50. The van der Waals surface area contributed by atoms with Crippen LogP contribution in [-0.4, -0.2) is 38.1 Å². The first-order valence-corrected chi connectivity index (χ1v) is 6.86. The van der Waals surface area contributed by atoms with Crippen molar-refractivity contribution in [1.29, 1.82) is 0 Å². The van der Waals surface area contributed by atoms with Crippen molar-refractivity contribution >= 4 is 0 Å². The Morgan fingerprint density at radius 3 is 3.05 bits per heavy atom. The van der Waals surface area contributed by atoms with Gasteiger partial charge in [0.05, 0.1) is 13.2 Å². The summed E-state index contributed by atoms with van der Waals surface area (Å²) in [5.74, 6) is 1.01. The highest BCUT2D eigenvalue weighted by molar-refractivity contribution is 5.40. The minimum Gasteiger partial charge on any atom is -0.493 e. The quantitative estimate of drug-likeness (QED) is 0.787. The van der Waals surface area contributed by atoms with E-state index in [1.807, 2.05) is 6.07 Å². The van der Waals surface area contributed by atoms with Crippen LogP contribution in [0.5, 0.6) is 5.75 Å². The van der Waals surface area contributed by atoms with Gasteiger partial charge in [0.2, 0.25) is 0 Å². The number of ether oxygens (including phenoxy) is 2. The number of fused-ring (bicyclic) bond motifs is 1. The first kappa shape index (κ1) is 14.3. The predicted octanol–water partition coefficient (Wildman–Crippen LogP) is 1.67. The summed E-state index contributed by atoms with van der Waals surface area (Å²) in [5, 5.41) is 12.6. The molecule has 2 N–H and O–H groups in total. The molecule has 1 aliphatic rings. The van der Waals surface area contributed by atoms with Crippen LogP contribution in [0.15, 0.2) is 18.2 Å². The van der Waals surface area contributed by atoms with E-state index in [1.54, 1.807) is 7.11 Å². The SMILES string of the molecule is COCC(CCO)NC(C)c1ccc2c(c1)CCO2. The Labute approximate surface area is 114 Å². The van der Waals surface area contributed by atoms with Crippen molar-refractivity contribution in [3.05, 3.63) is 29.3 Å². The molecule has 19 heavy (non-hydrogen) atoms. The van der Waals surface area contributed by atoms with Gasteiger partial charge >= 0.3 is 0 Å². The van der Waals surface area contributed by atoms with Gasteiger partial charge in [0.25, 0.3) is 0 Å². The van der Waals surface area contributed by atoms with Gasteiger partial charge in [0, 0.05) is 32.2 Å². The van der Waals surface area contributed by atoms with Gasteiger partial charge in [-0.25, -0.2) is 0 Å². The van der Waals surface area contributed by atoms with E-state index in [0.29, 0.717) is 13.0 Å². The fourth-order valence-corrected chi connectivity index (χ4v) is 2.50. The predicted molar refractivity (Wildman–Crippen MR) is 74.6 cm³/mol. The van der Waals surface area contributed by atoms with Crippen molar-refractivity contribution < 1.29 is 14.6 Å². The van der Waals surface area contributed by atoms with Gasteiger partial charge in [-0.05, 0) is 30.5 Å². The third-order valence-electron chi connectivity index (χ3n) is 3.54. The molecule has 0 aromatic heterocycles. The Morgan fingerprint density at radius 1 is 1.47 bits per heavy atom. The summed E-state index contributed by atoms with van der Waals surface area (Å²) in [5.41, 5.74) is 2.54. The molecule has 1 aromatic rings. The van der Waals surface area contributed by atoms with Gasteiger partial charge in [-0.3, -0.25) is 0 Å². The molecule has 2 rings (SSSR count). The van der Waals surface area contributed by atoms with Gasteiger partial charge in [-0.15, -0.1) is 0 Å². The molecule has 0 bridgehead atoms. The molecular formula is C15H23NO3. The molecule has 0 saturated carbocycles. The van der Waals surface area contributed by atoms with Crippen LogP contribution in [0.3, 0.4) is 0 Å². The van der Waals surface area contributed by atoms with Crippen LogP contribution in [0.1, 0.15) is 30.5 Å². The van der Waals surface area contributed by atoms with Crippen molar-refractivity contribution in [2.24, 2.45) is 0 Å². The van der Waals surface area contributed by atoms with Crippen molar-refractivity contribution in [2.75, 3.05) is 26.9 Å². The van der Waals surface area contributed by atoms with Gasteiger partial charge in [-0.2, -0.15) is 0 Å². The van der Waals surface area contributed by atoms with E-state index in [-0.39, 0.29) is 18.7 Å². The van der Waals surface area contributed by atoms with Crippen LogP contribution in [0, 0.1) is 0 Å². The first-order chi connectivity index (χ1) is 9.24. The minimum atomic E-state index is 0.172. The topological polar surface area (TPSA) is 50.7 Å². The number of hydrogen-bond donors (Lipinski definition) is 2. The summed E-state index contributed by atoms with van der Waals surface area (Å²) < 4.78 is 10.7. The molecule has 1 aliphatic heterocycles. The summed E-state index contributed by atoms with van der Waals surface area (Å²) in [4.78, 5) is 0. The maximum Gasteiger partial charge on any atom is 0.122 e. The molecule has 1 heterocycles. The fraction of sp³-hybridized carbons (Fsp3) is 0.600. The number of methoxy groups -OCH3 is 1. The maximum absolute atomic E-state index is 9.06. The summed E-state index contributed by atoms with van der Waals surface area (Å²) in [6.07, 6.45) is 1.69. The molecule has 4 heteroatoms. The molecule has 0 saturated heterocycles. The van der Waals surface area contributed by atoms with Gasteiger partial charge in [-0.1, -0.05) is 12.1 Å². The lowest BCUT2D eigenvalue weighted by Gasteiger charge is -2.23. The van der Waals surface area contributed by atoms with E-state index in [2.05, 4.69) is 24.4 Å². The molecule has 0 aliphatic carbocycles. The van der Waals surface area contributed by atoms with Crippen LogP contribution in [0.2, 0.25) is 0 Å². The molecule has 2 atom stereocenters. The van der Waals surface area contributed by atoms with E-state index in [9.17, 15) is 0 Å². The van der Waals surface area contributed by atoms with Crippen LogP contribution in [0.4, 0.5) is 0 Å². The lowest BCUT2D eigenvalue weighted by molar-refractivity contribution is 0.143. The second kappa shape index (κ2) is 6.89.